The maximum Gasteiger partial charge on any atom is 0.408 e. The van der Waals surface area contributed by atoms with Crippen LogP contribution in [0.2, 0.25) is 0 Å². The van der Waals surface area contributed by atoms with Gasteiger partial charge in [0.1, 0.15) is 23.2 Å². The highest BCUT2D eigenvalue weighted by molar-refractivity contribution is 7.91. The Morgan fingerprint density at radius 3 is 2.21 bits per heavy atom. The molecule has 39 heavy (non-hydrogen) atoms. The van der Waals surface area contributed by atoms with Crippen molar-refractivity contribution >= 4 is 33.8 Å². The van der Waals surface area contributed by atoms with Crippen molar-refractivity contribution in [1.29, 1.82) is 0 Å². The van der Waals surface area contributed by atoms with E-state index in [2.05, 4.69) is 21.9 Å². The maximum atomic E-state index is 13.7. The summed E-state index contributed by atoms with van der Waals surface area (Å²) in [6.45, 7) is 16.4. The van der Waals surface area contributed by atoms with Gasteiger partial charge in [0.2, 0.25) is 21.8 Å². The lowest BCUT2D eigenvalue weighted by Crippen LogP contribution is -2.60. The highest BCUT2D eigenvalue weighted by atomic mass is 32.2. The van der Waals surface area contributed by atoms with Crippen LogP contribution in [0, 0.1) is 11.3 Å². The molecule has 2 aliphatic carbocycles. The molecular weight excluding hydrogens is 524 g/mol. The molecule has 1 heterocycles. The average Bonchev–Trinajstić information content (AvgIpc) is 3.69. The van der Waals surface area contributed by atoms with Crippen LogP contribution in [0.25, 0.3) is 0 Å². The fourth-order valence-electron chi connectivity index (χ4n) is 5.15. The van der Waals surface area contributed by atoms with E-state index in [4.69, 9.17) is 4.74 Å². The summed E-state index contributed by atoms with van der Waals surface area (Å²) in [7, 11) is -3.91. The zero-order valence-corrected chi connectivity index (χ0v) is 25.0. The van der Waals surface area contributed by atoms with E-state index in [-0.39, 0.29) is 6.42 Å². The third-order valence-corrected chi connectivity index (χ3v) is 10.2. The summed E-state index contributed by atoms with van der Waals surface area (Å²) in [5.74, 6) is -2.19. The number of sulfonamides is 1. The molecule has 2 saturated carbocycles. The molecule has 3 fully saturated rings. The first-order valence-electron chi connectivity index (χ1n) is 13.6. The number of ether oxygens (including phenoxy) is 1. The number of nitrogens with one attached hydrogen (secondary N) is 3. The number of nitrogens with zero attached hydrogens (tertiary/aromatic N) is 1. The second-order valence-electron chi connectivity index (χ2n) is 13.1. The van der Waals surface area contributed by atoms with Crippen LogP contribution in [-0.2, 0) is 29.1 Å². The Morgan fingerprint density at radius 1 is 1.13 bits per heavy atom. The average molecular weight is 569 g/mol. The van der Waals surface area contributed by atoms with Crippen molar-refractivity contribution < 1.29 is 32.3 Å². The summed E-state index contributed by atoms with van der Waals surface area (Å²) in [5, 5.41) is 5.43. The molecule has 0 aromatic rings. The molecule has 0 radical (unpaired) electrons. The third kappa shape index (κ3) is 6.41. The molecule has 1 saturated heterocycles. The smallest absolute Gasteiger partial charge is 0.408 e. The van der Waals surface area contributed by atoms with Gasteiger partial charge in [-0.1, -0.05) is 33.8 Å². The summed E-state index contributed by atoms with van der Waals surface area (Å²) in [6, 6.07) is -1.84. The van der Waals surface area contributed by atoms with Crippen molar-refractivity contribution in [2.75, 3.05) is 6.54 Å². The quantitative estimate of drug-likeness (QED) is 0.361. The standard InChI is InChI=1S/C27H44N4O7S/c1-9-17-16-27(17,22(34)30-39(36,37)26(10-2)13-14-26)29-20(32)18-12-11-15-31(18)21(33)19(24(3,4)5)28-23(35)38-25(6,7)8/h9,17-19H,1,10-16H2,2-8H3,(H,28,35)(H,29,32)(H,30,34)/t17-,18+,19-,27-/m1/s1. The first-order chi connectivity index (χ1) is 17.8. The highest BCUT2D eigenvalue weighted by Gasteiger charge is 2.63. The van der Waals surface area contributed by atoms with Crippen molar-refractivity contribution in [3.8, 4) is 0 Å². The fraction of sp³-hybridized carbons (Fsp3) is 0.778. The first kappa shape index (κ1) is 30.9. The van der Waals surface area contributed by atoms with Crippen LogP contribution in [0.4, 0.5) is 4.79 Å². The topological polar surface area (TPSA) is 151 Å². The van der Waals surface area contributed by atoms with Crippen LogP contribution in [0.1, 0.15) is 87.0 Å². The zero-order chi connectivity index (χ0) is 29.6. The molecule has 3 aliphatic rings. The minimum Gasteiger partial charge on any atom is -0.444 e. The van der Waals surface area contributed by atoms with E-state index in [0.29, 0.717) is 38.6 Å². The van der Waals surface area contributed by atoms with E-state index in [1.807, 2.05) is 0 Å². The van der Waals surface area contributed by atoms with Crippen LogP contribution < -0.4 is 15.4 Å². The summed E-state index contributed by atoms with van der Waals surface area (Å²) < 4.78 is 32.4. The van der Waals surface area contributed by atoms with E-state index >= 15 is 0 Å². The lowest BCUT2D eigenvalue weighted by molar-refractivity contribution is -0.142. The van der Waals surface area contributed by atoms with Gasteiger partial charge in [0.15, 0.2) is 0 Å². The number of amides is 4. The third-order valence-electron chi connectivity index (χ3n) is 7.91. The van der Waals surface area contributed by atoms with Gasteiger partial charge in [0.05, 0.1) is 4.75 Å². The Balaban J connectivity index is 1.76. The molecule has 0 aromatic carbocycles. The Bertz CT molecular complexity index is 1130. The Hall–Kier alpha value is -2.63. The summed E-state index contributed by atoms with van der Waals surface area (Å²) >= 11 is 0. The number of alkyl carbamates (subject to hydrolysis) is 1. The van der Waals surface area contributed by atoms with Gasteiger partial charge in [-0.3, -0.25) is 19.1 Å². The summed E-state index contributed by atoms with van der Waals surface area (Å²) in [4.78, 5) is 54.4. The second kappa shape index (κ2) is 10.4. The lowest BCUT2D eigenvalue weighted by Gasteiger charge is -2.36. The highest BCUT2D eigenvalue weighted by Crippen LogP contribution is 2.48. The number of rotatable bonds is 9. The van der Waals surface area contributed by atoms with Crippen LogP contribution >= 0.6 is 0 Å². The molecule has 4 atom stereocenters. The van der Waals surface area contributed by atoms with Gasteiger partial charge in [0.25, 0.3) is 5.91 Å². The minimum atomic E-state index is -3.91. The number of hydrogen-bond acceptors (Lipinski definition) is 7. The molecule has 0 unspecified atom stereocenters. The van der Waals surface area contributed by atoms with Crippen molar-refractivity contribution in [2.24, 2.45) is 11.3 Å². The van der Waals surface area contributed by atoms with Crippen LogP contribution in [0.3, 0.4) is 0 Å². The number of hydrogen-bond donors (Lipinski definition) is 3. The van der Waals surface area contributed by atoms with Gasteiger partial charge in [0, 0.05) is 12.5 Å². The van der Waals surface area contributed by atoms with E-state index in [1.54, 1.807) is 48.5 Å². The lowest BCUT2D eigenvalue weighted by atomic mass is 9.85. The van der Waals surface area contributed by atoms with Gasteiger partial charge in [-0.25, -0.2) is 13.2 Å². The molecule has 1 aliphatic heterocycles. The van der Waals surface area contributed by atoms with E-state index in [9.17, 15) is 27.6 Å². The first-order valence-corrected chi connectivity index (χ1v) is 15.1. The SMILES string of the molecule is C=C[C@@H]1C[C@]1(NC(=O)[C@@H]1CCCN1C(=O)[C@@H](NC(=O)OC(C)(C)C)C(C)(C)C)C(=O)NS(=O)(=O)C1(CC)CC1. The Labute approximate surface area is 231 Å². The molecule has 12 heteroatoms. The van der Waals surface area contributed by atoms with E-state index < -0.39 is 73.1 Å². The largest absolute Gasteiger partial charge is 0.444 e. The van der Waals surface area contributed by atoms with Gasteiger partial charge in [-0.05, 0) is 64.7 Å². The molecule has 3 rings (SSSR count). The number of carbonyl (C=O) groups excluding carboxylic acids is 4. The molecule has 0 aromatic heterocycles. The van der Waals surface area contributed by atoms with Crippen LogP contribution in [0.5, 0.6) is 0 Å². The van der Waals surface area contributed by atoms with Gasteiger partial charge in [-0.2, -0.15) is 0 Å². The van der Waals surface area contributed by atoms with Gasteiger partial charge in [-0.15, -0.1) is 6.58 Å². The molecule has 220 valence electrons. The summed E-state index contributed by atoms with van der Waals surface area (Å²) in [6.07, 6.45) is 3.31. The van der Waals surface area contributed by atoms with Crippen LogP contribution in [-0.4, -0.2) is 71.6 Å². The predicted octanol–water partition coefficient (Wildman–Crippen LogP) is 2.37. The maximum absolute atomic E-state index is 13.7. The van der Waals surface area contributed by atoms with Crippen molar-refractivity contribution in [3.63, 3.8) is 0 Å². The van der Waals surface area contributed by atoms with Crippen molar-refractivity contribution in [1.82, 2.24) is 20.3 Å². The van der Waals surface area contributed by atoms with E-state index in [1.165, 1.54) is 11.0 Å². The Kier molecular flexibility index (Phi) is 8.25. The Morgan fingerprint density at radius 2 is 1.74 bits per heavy atom. The van der Waals surface area contributed by atoms with Gasteiger partial charge >= 0.3 is 6.09 Å². The number of likely N-dealkylation sites (tertiary alicyclic amines) is 1. The van der Waals surface area contributed by atoms with Crippen molar-refractivity contribution in [3.05, 3.63) is 12.7 Å². The predicted molar refractivity (Wildman–Crippen MR) is 146 cm³/mol. The van der Waals surface area contributed by atoms with Gasteiger partial charge < -0.3 is 20.3 Å². The molecule has 3 N–H and O–H groups in total. The molecule has 0 spiro atoms. The molecule has 11 nitrogen and oxygen atoms in total. The molecular formula is C27H44N4O7S. The van der Waals surface area contributed by atoms with Crippen molar-refractivity contribution in [2.45, 2.75) is 115 Å². The number of carbonyl (C=O) groups is 4. The summed E-state index contributed by atoms with van der Waals surface area (Å²) in [5.41, 5.74) is -2.88. The minimum absolute atomic E-state index is 0.216. The second-order valence-corrected chi connectivity index (χ2v) is 15.2. The molecule has 0 bridgehead atoms. The molecule has 4 amide bonds. The monoisotopic (exact) mass is 568 g/mol. The fourth-order valence-corrected chi connectivity index (χ4v) is 6.82. The van der Waals surface area contributed by atoms with Crippen LogP contribution in [0.15, 0.2) is 12.7 Å². The zero-order valence-electron chi connectivity index (χ0n) is 24.2. The van der Waals surface area contributed by atoms with E-state index in [0.717, 1.165) is 0 Å². The normalized spacial score (nSPS) is 26.7.